The molecule has 0 unspecified atom stereocenters. The van der Waals surface area contributed by atoms with Crippen LogP contribution in [0.4, 0.5) is 13.2 Å². The summed E-state index contributed by atoms with van der Waals surface area (Å²) in [6, 6.07) is 5.86. The van der Waals surface area contributed by atoms with Gasteiger partial charge in [0.05, 0.1) is 13.2 Å². The lowest BCUT2D eigenvalue weighted by Crippen LogP contribution is -2.35. The van der Waals surface area contributed by atoms with Gasteiger partial charge in [-0.05, 0) is 50.4 Å². The van der Waals surface area contributed by atoms with Crippen molar-refractivity contribution in [1.29, 1.82) is 0 Å². The molecule has 9 heteroatoms. The Morgan fingerprint density at radius 3 is 2.45 bits per heavy atom. The molecule has 0 bridgehead atoms. The normalized spacial score (nSPS) is 15.6. The first-order chi connectivity index (χ1) is 14.9. The summed E-state index contributed by atoms with van der Waals surface area (Å²) in [4.78, 5) is 11.0. The van der Waals surface area contributed by atoms with Crippen molar-refractivity contribution in [3.05, 3.63) is 42.4 Å². The van der Waals surface area contributed by atoms with E-state index in [1.165, 1.54) is 18.2 Å². The van der Waals surface area contributed by atoms with Gasteiger partial charge in [-0.15, -0.1) is 13.2 Å². The van der Waals surface area contributed by atoms with Crippen LogP contribution in [0.15, 0.2) is 36.7 Å². The fourth-order valence-electron chi connectivity index (χ4n) is 3.41. The van der Waals surface area contributed by atoms with E-state index in [0.29, 0.717) is 25.6 Å². The Labute approximate surface area is 180 Å². The van der Waals surface area contributed by atoms with Crippen LogP contribution in [0.2, 0.25) is 0 Å². The van der Waals surface area contributed by atoms with Crippen molar-refractivity contribution in [3.63, 3.8) is 0 Å². The fourth-order valence-corrected chi connectivity index (χ4v) is 3.41. The van der Waals surface area contributed by atoms with Crippen molar-refractivity contribution in [2.75, 3.05) is 26.3 Å². The van der Waals surface area contributed by atoms with Crippen LogP contribution < -0.4 is 14.2 Å². The Hall–Kier alpha value is -2.55. The molecule has 0 atom stereocenters. The summed E-state index contributed by atoms with van der Waals surface area (Å²) in [7, 11) is 0. The summed E-state index contributed by atoms with van der Waals surface area (Å²) < 4.78 is 53.1. The van der Waals surface area contributed by atoms with Gasteiger partial charge in [0.15, 0.2) is 11.5 Å². The third-order valence-electron chi connectivity index (χ3n) is 5.10. The summed E-state index contributed by atoms with van der Waals surface area (Å²) in [6.45, 7) is 5.44. The maximum absolute atomic E-state index is 12.6. The average Bonchev–Trinajstić information content (AvgIpc) is 2.74. The zero-order valence-corrected chi connectivity index (χ0v) is 17.6. The van der Waals surface area contributed by atoms with E-state index in [-0.39, 0.29) is 17.4 Å². The number of unbranched alkanes of at least 4 members (excludes halogenated alkanes) is 1. The van der Waals surface area contributed by atoms with Crippen molar-refractivity contribution in [2.45, 2.75) is 45.5 Å². The first-order valence-corrected chi connectivity index (χ1v) is 10.6. The van der Waals surface area contributed by atoms with Gasteiger partial charge < -0.3 is 14.2 Å². The Morgan fingerprint density at radius 1 is 1.03 bits per heavy atom. The maximum atomic E-state index is 12.6. The number of hydrogen-bond acceptors (Lipinski definition) is 6. The molecule has 0 aliphatic carbocycles. The number of aromatic nitrogens is 2. The highest BCUT2D eigenvalue weighted by Gasteiger charge is 2.32. The molecule has 31 heavy (non-hydrogen) atoms. The number of rotatable bonds is 10. The zero-order chi connectivity index (χ0) is 22.1. The van der Waals surface area contributed by atoms with E-state index in [4.69, 9.17) is 9.47 Å². The first kappa shape index (κ1) is 23.1. The van der Waals surface area contributed by atoms with E-state index >= 15 is 0 Å². The minimum atomic E-state index is -4.75. The monoisotopic (exact) mass is 439 g/mol. The van der Waals surface area contributed by atoms with Crippen molar-refractivity contribution in [2.24, 2.45) is 5.92 Å². The lowest BCUT2D eigenvalue weighted by Gasteiger charge is -2.31. The largest absolute Gasteiger partial charge is 0.573 e. The van der Waals surface area contributed by atoms with Crippen LogP contribution in [0.1, 0.15) is 38.3 Å². The maximum Gasteiger partial charge on any atom is 0.573 e. The van der Waals surface area contributed by atoms with E-state index in [2.05, 4.69) is 26.5 Å². The zero-order valence-electron chi connectivity index (χ0n) is 17.6. The van der Waals surface area contributed by atoms with Crippen molar-refractivity contribution in [1.82, 2.24) is 14.9 Å². The predicted molar refractivity (Wildman–Crippen MR) is 109 cm³/mol. The summed E-state index contributed by atoms with van der Waals surface area (Å²) in [5, 5.41) is 0. The van der Waals surface area contributed by atoms with Gasteiger partial charge >= 0.3 is 6.36 Å². The minimum absolute atomic E-state index is 0.107. The van der Waals surface area contributed by atoms with Crippen molar-refractivity contribution >= 4 is 0 Å². The molecule has 2 aromatic rings. The van der Waals surface area contributed by atoms with Crippen LogP contribution in [0.5, 0.6) is 17.4 Å². The van der Waals surface area contributed by atoms with E-state index in [0.717, 1.165) is 44.5 Å². The molecular weight excluding hydrogens is 411 g/mol. The third-order valence-corrected chi connectivity index (χ3v) is 5.10. The van der Waals surface area contributed by atoms with Crippen LogP contribution in [0.25, 0.3) is 0 Å². The summed E-state index contributed by atoms with van der Waals surface area (Å²) in [6.07, 6.45) is 2.35. The van der Waals surface area contributed by atoms with Gasteiger partial charge in [0.25, 0.3) is 0 Å². The minimum Gasteiger partial charge on any atom is -0.489 e. The number of likely N-dealkylation sites (tertiary alicyclic amines) is 1. The molecule has 6 nitrogen and oxygen atoms in total. The van der Waals surface area contributed by atoms with Gasteiger partial charge in [-0.1, -0.05) is 25.5 Å². The number of benzene rings is 1. The third kappa shape index (κ3) is 7.57. The van der Waals surface area contributed by atoms with Gasteiger partial charge in [0, 0.05) is 18.9 Å². The summed E-state index contributed by atoms with van der Waals surface area (Å²) in [5.41, 5.74) is 0.825. The molecule has 2 heterocycles. The molecule has 1 fully saturated rings. The number of nitrogens with zero attached hydrogens (tertiary/aromatic N) is 3. The van der Waals surface area contributed by atoms with Gasteiger partial charge in [-0.2, -0.15) is 0 Å². The van der Waals surface area contributed by atoms with E-state index in [1.807, 2.05) is 0 Å². The summed E-state index contributed by atoms with van der Waals surface area (Å²) >= 11 is 0. The van der Waals surface area contributed by atoms with Crippen LogP contribution in [0.3, 0.4) is 0 Å². The second-order valence-electron chi connectivity index (χ2n) is 7.54. The highest BCUT2D eigenvalue weighted by Crippen LogP contribution is 2.32. The molecule has 0 saturated carbocycles. The molecular formula is C22H28F3N3O3. The number of alkyl halides is 3. The predicted octanol–water partition coefficient (Wildman–Crippen LogP) is 4.85. The Bertz CT molecular complexity index is 812. The van der Waals surface area contributed by atoms with Gasteiger partial charge in [0.2, 0.25) is 5.88 Å². The lowest BCUT2D eigenvalue weighted by molar-refractivity contribution is -0.275. The highest BCUT2D eigenvalue weighted by atomic mass is 19.4. The van der Waals surface area contributed by atoms with Crippen LogP contribution in [0, 0.1) is 5.92 Å². The smallest absolute Gasteiger partial charge is 0.489 e. The number of ether oxygens (including phenoxy) is 3. The molecule has 1 aromatic heterocycles. The second-order valence-corrected chi connectivity index (χ2v) is 7.54. The van der Waals surface area contributed by atoms with Gasteiger partial charge in [-0.25, -0.2) is 4.98 Å². The molecule has 1 saturated heterocycles. The van der Waals surface area contributed by atoms with Crippen LogP contribution >= 0.6 is 0 Å². The first-order valence-electron chi connectivity index (χ1n) is 10.6. The lowest BCUT2D eigenvalue weighted by atomic mass is 9.97. The van der Waals surface area contributed by atoms with Gasteiger partial charge in [0.1, 0.15) is 5.69 Å². The standard InChI is InChI=1S/C22H28F3N3O3/c1-2-3-14-29-21-18(26-10-11-27-21)15-28-12-8-17(9-13-28)16-30-19-6-4-5-7-20(19)31-22(23,24)25/h4-7,10-11,17H,2-3,8-9,12-16H2,1H3. The quantitative estimate of drug-likeness (QED) is 0.494. The van der Waals surface area contributed by atoms with Crippen LogP contribution in [-0.4, -0.2) is 47.5 Å². The Morgan fingerprint density at radius 2 is 1.74 bits per heavy atom. The summed E-state index contributed by atoms with van der Waals surface area (Å²) in [5.74, 6) is 0.640. The molecule has 3 rings (SSSR count). The number of halogens is 3. The van der Waals surface area contributed by atoms with Crippen molar-refractivity contribution < 1.29 is 27.4 Å². The topological polar surface area (TPSA) is 56.7 Å². The Kier molecular flexibility index (Phi) is 8.34. The average molecular weight is 439 g/mol. The Balaban J connectivity index is 1.47. The number of para-hydroxylation sites is 2. The highest BCUT2D eigenvalue weighted by molar-refractivity contribution is 5.39. The molecule has 0 N–H and O–H groups in total. The van der Waals surface area contributed by atoms with E-state index in [9.17, 15) is 13.2 Å². The molecule has 0 radical (unpaired) electrons. The van der Waals surface area contributed by atoms with Crippen molar-refractivity contribution in [3.8, 4) is 17.4 Å². The van der Waals surface area contributed by atoms with E-state index < -0.39 is 6.36 Å². The fraction of sp³-hybridized carbons (Fsp3) is 0.545. The van der Waals surface area contributed by atoms with E-state index in [1.54, 1.807) is 18.5 Å². The molecule has 1 aromatic carbocycles. The molecule has 0 spiro atoms. The molecule has 0 amide bonds. The second kappa shape index (κ2) is 11.2. The molecule has 170 valence electrons. The molecule has 1 aliphatic rings. The number of hydrogen-bond donors (Lipinski definition) is 0. The molecule has 1 aliphatic heterocycles. The number of piperidine rings is 1. The SMILES string of the molecule is CCCCOc1nccnc1CN1CCC(COc2ccccc2OC(F)(F)F)CC1. The van der Waals surface area contributed by atoms with Gasteiger partial charge in [-0.3, -0.25) is 9.88 Å². The van der Waals surface area contributed by atoms with Crippen LogP contribution in [-0.2, 0) is 6.54 Å².